The van der Waals surface area contributed by atoms with Crippen LogP contribution in [0.2, 0.25) is 0 Å². The normalized spacial score (nSPS) is 14.0. The van der Waals surface area contributed by atoms with E-state index in [-0.39, 0.29) is 0 Å². The summed E-state index contributed by atoms with van der Waals surface area (Å²) in [4.78, 5) is 0. The third kappa shape index (κ3) is 4.94. The number of hydrogen-bond donors (Lipinski definition) is 0. The van der Waals surface area contributed by atoms with E-state index in [9.17, 15) is 0 Å². The van der Waals surface area contributed by atoms with Crippen molar-refractivity contribution in [2.45, 2.75) is 13.3 Å². The molecule has 0 amide bonds. The number of hydrogen-bond acceptors (Lipinski definition) is 0. The fourth-order valence-electron chi connectivity index (χ4n) is 8.16. The highest BCUT2D eigenvalue weighted by molar-refractivity contribution is 6.10. The van der Waals surface area contributed by atoms with Gasteiger partial charge in [-0.15, -0.1) is 0 Å². The highest BCUT2D eigenvalue weighted by atomic mass is 15.0. The maximum absolute atomic E-state index is 2.49. The predicted molar refractivity (Wildman–Crippen MR) is 216 cm³/mol. The number of nitrogens with zero attached hydrogens (tertiary/aromatic N) is 2. The van der Waals surface area contributed by atoms with Crippen LogP contribution in [0, 0.1) is 5.92 Å². The monoisotopic (exact) mass is 652 g/mol. The summed E-state index contributed by atoms with van der Waals surface area (Å²) < 4.78 is 4.89. The van der Waals surface area contributed by atoms with Gasteiger partial charge in [0.2, 0.25) is 0 Å². The molecular formula is C49H36N2. The van der Waals surface area contributed by atoms with Crippen molar-refractivity contribution in [3.63, 3.8) is 0 Å². The van der Waals surface area contributed by atoms with Gasteiger partial charge in [0, 0.05) is 38.8 Å². The van der Waals surface area contributed by atoms with Crippen LogP contribution in [0.25, 0.3) is 83.5 Å². The molecule has 1 aliphatic carbocycles. The number of allylic oxidation sites excluding steroid dienone is 1. The molecule has 1 unspecified atom stereocenters. The van der Waals surface area contributed by atoms with Gasteiger partial charge in [0.1, 0.15) is 0 Å². The van der Waals surface area contributed by atoms with Gasteiger partial charge in [-0.1, -0.05) is 134 Å². The van der Waals surface area contributed by atoms with Gasteiger partial charge in [0.15, 0.2) is 0 Å². The summed E-state index contributed by atoms with van der Waals surface area (Å²) in [6.45, 7) is 2.31. The van der Waals surface area contributed by atoms with E-state index in [1.54, 1.807) is 0 Å². The molecule has 242 valence electrons. The van der Waals surface area contributed by atoms with E-state index in [1.807, 2.05) is 0 Å². The van der Waals surface area contributed by atoms with Crippen molar-refractivity contribution >= 4 is 38.8 Å². The Labute approximate surface area is 298 Å². The van der Waals surface area contributed by atoms with E-state index in [2.05, 4.69) is 198 Å². The first-order valence-electron chi connectivity index (χ1n) is 17.9. The van der Waals surface area contributed by atoms with Crippen LogP contribution in [-0.2, 0) is 6.42 Å². The zero-order valence-electron chi connectivity index (χ0n) is 28.5. The van der Waals surface area contributed by atoms with Crippen LogP contribution in [-0.4, -0.2) is 9.13 Å². The molecule has 2 heteroatoms. The van der Waals surface area contributed by atoms with Crippen LogP contribution >= 0.6 is 0 Å². The van der Waals surface area contributed by atoms with Crippen molar-refractivity contribution in [1.29, 1.82) is 0 Å². The number of aromatic nitrogens is 2. The average Bonchev–Trinajstić information content (AvgIpc) is 3.70. The molecule has 1 aliphatic rings. The van der Waals surface area contributed by atoms with Crippen molar-refractivity contribution in [3.8, 4) is 44.8 Å². The predicted octanol–water partition coefficient (Wildman–Crippen LogP) is 12.9. The maximum atomic E-state index is 2.49. The fraction of sp³-hybridized carbons (Fsp3) is 0.0612. The smallest absolute Gasteiger partial charge is 0.0541 e. The summed E-state index contributed by atoms with van der Waals surface area (Å²) in [5.41, 5.74) is 16.2. The molecule has 2 aromatic heterocycles. The van der Waals surface area contributed by atoms with Gasteiger partial charge < -0.3 is 9.13 Å². The number of benzene rings is 7. The second-order valence-electron chi connectivity index (χ2n) is 13.9. The van der Waals surface area contributed by atoms with Crippen LogP contribution in [0.3, 0.4) is 0 Å². The minimum absolute atomic E-state index is 0.498. The number of para-hydroxylation sites is 1. The van der Waals surface area contributed by atoms with Gasteiger partial charge in [-0.25, -0.2) is 0 Å². The van der Waals surface area contributed by atoms with Gasteiger partial charge >= 0.3 is 0 Å². The first-order chi connectivity index (χ1) is 25.2. The molecule has 0 N–H and O–H groups in total. The molecule has 10 rings (SSSR count). The van der Waals surface area contributed by atoms with Crippen molar-refractivity contribution in [2.24, 2.45) is 5.92 Å². The van der Waals surface area contributed by atoms with Gasteiger partial charge in [0.25, 0.3) is 0 Å². The molecule has 0 saturated carbocycles. The summed E-state index contributed by atoms with van der Waals surface area (Å²) in [6.07, 6.45) is 5.74. The molecule has 0 spiro atoms. The summed E-state index contributed by atoms with van der Waals surface area (Å²) in [6, 6.07) is 62.0. The van der Waals surface area contributed by atoms with Crippen molar-refractivity contribution < 1.29 is 0 Å². The van der Waals surface area contributed by atoms with E-state index in [0.29, 0.717) is 5.92 Å². The molecule has 2 nitrogen and oxygen atoms in total. The van der Waals surface area contributed by atoms with Crippen LogP contribution in [0.4, 0.5) is 0 Å². The minimum atomic E-state index is 0.498. The van der Waals surface area contributed by atoms with Gasteiger partial charge in [-0.3, -0.25) is 0 Å². The third-order valence-corrected chi connectivity index (χ3v) is 10.7. The molecule has 1 atom stereocenters. The summed E-state index contributed by atoms with van der Waals surface area (Å²) in [5.74, 6) is 0.498. The molecule has 7 aromatic carbocycles. The lowest BCUT2D eigenvalue weighted by Crippen LogP contribution is -2.08. The molecule has 0 saturated heterocycles. The summed E-state index contributed by atoms with van der Waals surface area (Å²) >= 11 is 0. The van der Waals surface area contributed by atoms with Crippen molar-refractivity contribution in [1.82, 2.24) is 9.13 Å². The lowest BCUT2D eigenvalue weighted by Gasteiger charge is -2.17. The van der Waals surface area contributed by atoms with Gasteiger partial charge in [-0.2, -0.15) is 0 Å². The van der Waals surface area contributed by atoms with Crippen molar-refractivity contribution in [2.75, 3.05) is 0 Å². The molecule has 0 fully saturated rings. The highest BCUT2D eigenvalue weighted by Crippen LogP contribution is 2.40. The largest absolute Gasteiger partial charge is 0.313 e. The van der Waals surface area contributed by atoms with E-state index in [1.165, 1.54) is 88.7 Å². The molecule has 0 aliphatic heterocycles. The second kappa shape index (κ2) is 11.9. The Morgan fingerprint density at radius 1 is 0.412 bits per heavy atom. The summed E-state index contributed by atoms with van der Waals surface area (Å²) in [7, 11) is 0. The maximum Gasteiger partial charge on any atom is 0.0541 e. The van der Waals surface area contributed by atoms with Crippen LogP contribution in [0.5, 0.6) is 0 Å². The summed E-state index contributed by atoms with van der Waals surface area (Å²) in [5, 5.41) is 3.84. The average molecular weight is 653 g/mol. The first kappa shape index (κ1) is 29.5. The Kier molecular flexibility index (Phi) is 6.89. The second-order valence-corrected chi connectivity index (χ2v) is 13.9. The molecule has 2 heterocycles. The molecule has 0 radical (unpaired) electrons. The lowest BCUT2D eigenvalue weighted by atomic mass is 9.93. The van der Waals surface area contributed by atoms with Crippen molar-refractivity contribution in [3.05, 3.63) is 187 Å². The molecule has 0 bridgehead atoms. The topological polar surface area (TPSA) is 9.86 Å². The molecular weight excluding hydrogens is 617 g/mol. The van der Waals surface area contributed by atoms with Crippen LogP contribution < -0.4 is 0 Å². The molecule has 9 aromatic rings. The first-order valence-corrected chi connectivity index (χ1v) is 17.9. The highest BCUT2D eigenvalue weighted by Gasteiger charge is 2.22. The van der Waals surface area contributed by atoms with E-state index < -0.39 is 0 Å². The lowest BCUT2D eigenvalue weighted by molar-refractivity contribution is 0.690. The van der Waals surface area contributed by atoms with Gasteiger partial charge in [-0.05, 0) is 100 Å². The number of fused-ring (bicyclic) bond motifs is 6. The van der Waals surface area contributed by atoms with E-state index in [0.717, 1.165) is 6.42 Å². The zero-order chi connectivity index (χ0) is 33.9. The standard InChI is InChI=1S/C49H36N2/c1-33-16-27-43-45-32-39(22-29-48(45)51(49(43)30-33)41-25-19-37(20-26-41)35-12-6-3-7-13-35)38-21-28-47-44(31-38)42-14-8-9-15-46(42)50(47)40-23-17-36(18-24-40)34-10-4-2-5-11-34/h2-29,31-33H,30H2,1H3. The van der Waals surface area contributed by atoms with Crippen LogP contribution in [0.1, 0.15) is 18.2 Å². The quantitative estimate of drug-likeness (QED) is 0.175. The fourth-order valence-corrected chi connectivity index (χ4v) is 8.16. The number of rotatable bonds is 5. The molecule has 51 heavy (non-hydrogen) atoms. The third-order valence-electron chi connectivity index (χ3n) is 10.7. The van der Waals surface area contributed by atoms with E-state index >= 15 is 0 Å². The Hall–Kier alpha value is -6.38. The Morgan fingerprint density at radius 2 is 0.882 bits per heavy atom. The Balaban J connectivity index is 1.08. The van der Waals surface area contributed by atoms with Gasteiger partial charge in [0.05, 0.1) is 16.6 Å². The Morgan fingerprint density at radius 3 is 1.51 bits per heavy atom. The van der Waals surface area contributed by atoms with E-state index in [4.69, 9.17) is 0 Å². The van der Waals surface area contributed by atoms with Crippen LogP contribution in [0.15, 0.2) is 176 Å². The Bertz CT molecular complexity index is 2740. The minimum Gasteiger partial charge on any atom is -0.313 e. The zero-order valence-corrected chi connectivity index (χ0v) is 28.5. The SMILES string of the molecule is CC1C=Cc2c(n(-c3ccc(-c4ccccc4)cc3)c3ccc(-c4ccc5c(c4)c4ccccc4n5-c4ccc(-c5ccccc5)cc4)cc23)C1.